The van der Waals surface area contributed by atoms with Gasteiger partial charge in [0, 0.05) is 12.0 Å². The van der Waals surface area contributed by atoms with Crippen LogP contribution in [0.1, 0.15) is 5.56 Å². The van der Waals surface area contributed by atoms with Crippen LogP contribution in [0, 0.1) is 5.82 Å². The van der Waals surface area contributed by atoms with Crippen molar-refractivity contribution in [1.29, 1.82) is 0 Å². The second-order valence-electron chi connectivity index (χ2n) is 2.89. The Hall–Kier alpha value is -1.33. The molecule has 0 aliphatic rings. The molecule has 0 saturated heterocycles. The zero-order valence-electron chi connectivity index (χ0n) is 7.68. The number of rotatable bonds is 3. The molecule has 1 aromatic carbocycles. The molecular formula is C9H11ClFNO3. The highest BCUT2D eigenvalue weighted by Gasteiger charge is 2.17. The average Bonchev–Trinajstić information content (AvgIpc) is 2.11. The van der Waals surface area contributed by atoms with Gasteiger partial charge in [0.15, 0.2) is 0 Å². The van der Waals surface area contributed by atoms with E-state index < -0.39 is 17.8 Å². The van der Waals surface area contributed by atoms with Crippen LogP contribution in [0.4, 0.5) is 4.39 Å². The molecule has 1 aromatic rings. The van der Waals surface area contributed by atoms with Gasteiger partial charge in [-0.3, -0.25) is 4.79 Å². The summed E-state index contributed by atoms with van der Waals surface area (Å²) in [6.45, 7) is 0. The Balaban J connectivity index is 0.00000196. The van der Waals surface area contributed by atoms with Gasteiger partial charge in [-0.25, -0.2) is 4.39 Å². The Morgan fingerprint density at radius 2 is 2.13 bits per heavy atom. The Morgan fingerprint density at radius 1 is 1.53 bits per heavy atom. The van der Waals surface area contributed by atoms with Crippen molar-refractivity contribution >= 4 is 18.4 Å². The van der Waals surface area contributed by atoms with E-state index in [1.54, 1.807) is 0 Å². The Kier molecular flexibility index (Phi) is 5.04. The third-order valence-electron chi connectivity index (χ3n) is 1.84. The molecule has 0 unspecified atom stereocenters. The van der Waals surface area contributed by atoms with Gasteiger partial charge in [0.2, 0.25) is 0 Å². The lowest BCUT2D eigenvalue weighted by Crippen LogP contribution is -2.32. The van der Waals surface area contributed by atoms with Gasteiger partial charge in [0.25, 0.3) is 0 Å². The van der Waals surface area contributed by atoms with Crippen LogP contribution in [0.2, 0.25) is 0 Å². The first-order chi connectivity index (χ1) is 6.52. The fraction of sp³-hybridized carbons (Fsp3) is 0.222. The zero-order valence-corrected chi connectivity index (χ0v) is 8.50. The number of carboxylic acid groups (broad SMARTS) is 1. The fourth-order valence-corrected chi connectivity index (χ4v) is 1.06. The monoisotopic (exact) mass is 235 g/mol. The quantitative estimate of drug-likeness (QED) is 0.727. The van der Waals surface area contributed by atoms with Crippen LogP contribution >= 0.6 is 12.4 Å². The maximum absolute atomic E-state index is 13.1. The highest BCUT2D eigenvalue weighted by molar-refractivity contribution is 5.85. The number of aromatic hydroxyl groups is 1. The van der Waals surface area contributed by atoms with E-state index in [1.165, 1.54) is 12.1 Å². The lowest BCUT2D eigenvalue weighted by Gasteiger charge is -2.08. The van der Waals surface area contributed by atoms with E-state index in [2.05, 4.69) is 0 Å². The molecule has 1 atom stereocenters. The van der Waals surface area contributed by atoms with Crippen molar-refractivity contribution in [2.45, 2.75) is 12.5 Å². The molecule has 84 valence electrons. The summed E-state index contributed by atoms with van der Waals surface area (Å²) in [6, 6.07) is 2.55. The molecular weight excluding hydrogens is 225 g/mol. The molecule has 6 heteroatoms. The first kappa shape index (κ1) is 13.7. The summed E-state index contributed by atoms with van der Waals surface area (Å²) in [7, 11) is 0. The number of nitrogens with two attached hydrogens (primary N) is 1. The van der Waals surface area contributed by atoms with Crippen molar-refractivity contribution in [3.63, 3.8) is 0 Å². The third-order valence-corrected chi connectivity index (χ3v) is 1.84. The minimum atomic E-state index is -1.23. The summed E-state index contributed by atoms with van der Waals surface area (Å²) in [5, 5.41) is 17.7. The maximum atomic E-state index is 13.1. The van der Waals surface area contributed by atoms with Crippen molar-refractivity contribution in [2.24, 2.45) is 5.73 Å². The lowest BCUT2D eigenvalue weighted by atomic mass is 10.1. The highest BCUT2D eigenvalue weighted by atomic mass is 35.5. The second-order valence-corrected chi connectivity index (χ2v) is 2.89. The van der Waals surface area contributed by atoms with Gasteiger partial charge in [-0.15, -0.1) is 12.4 Å². The smallest absolute Gasteiger partial charge is 0.320 e. The summed E-state index contributed by atoms with van der Waals surface area (Å²) < 4.78 is 13.1. The largest absolute Gasteiger partial charge is 0.508 e. The summed E-state index contributed by atoms with van der Waals surface area (Å²) in [5.41, 5.74) is 5.14. The zero-order chi connectivity index (χ0) is 10.7. The molecule has 0 aliphatic carbocycles. The Labute approximate surface area is 91.9 Å². The molecule has 0 spiro atoms. The van der Waals surface area contributed by atoms with Crippen molar-refractivity contribution in [3.05, 3.63) is 29.6 Å². The second kappa shape index (κ2) is 5.53. The van der Waals surface area contributed by atoms with Crippen molar-refractivity contribution in [1.82, 2.24) is 0 Å². The van der Waals surface area contributed by atoms with E-state index in [1.807, 2.05) is 0 Å². The molecule has 0 amide bonds. The fourth-order valence-electron chi connectivity index (χ4n) is 1.06. The van der Waals surface area contributed by atoms with E-state index in [0.29, 0.717) is 0 Å². The SMILES string of the molecule is Cl.N[C@@H](Cc1c(O)cccc1F)C(=O)O. The number of halogens is 2. The molecule has 0 fully saturated rings. The Morgan fingerprint density at radius 3 is 2.60 bits per heavy atom. The molecule has 4 N–H and O–H groups in total. The lowest BCUT2D eigenvalue weighted by molar-refractivity contribution is -0.138. The summed E-state index contributed by atoms with van der Waals surface area (Å²) in [6.07, 6.45) is -0.228. The molecule has 0 heterocycles. The van der Waals surface area contributed by atoms with Crippen LogP contribution in [0.25, 0.3) is 0 Å². The van der Waals surface area contributed by atoms with E-state index in [0.717, 1.165) is 6.07 Å². The molecule has 0 radical (unpaired) electrons. The summed E-state index contributed by atoms with van der Waals surface area (Å²) in [4.78, 5) is 10.4. The Bertz CT molecular complexity index is 339. The van der Waals surface area contributed by atoms with Crippen LogP contribution in [-0.2, 0) is 11.2 Å². The number of hydrogen-bond donors (Lipinski definition) is 3. The van der Waals surface area contributed by atoms with Gasteiger partial charge in [0.05, 0.1) is 0 Å². The topological polar surface area (TPSA) is 83.5 Å². The van der Waals surface area contributed by atoms with Gasteiger partial charge < -0.3 is 15.9 Å². The first-order valence-corrected chi connectivity index (χ1v) is 3.97. The normalized spacial score (nSPS) is 11.6. The average molecular weight is 236 g/mol. The number of carbonyl (C=O) groups is 1. The predicted octanol–water partition coefficient (Wildman–Crippen LogP) is 0.907. The molecule has 0 bridgehead atoms. The van der Waals surface area contributed by atoms with Crippen LogP contribution < -0.4 is 5.73 Å². The van der Waals surface area contributed by atoms with Gasteiger partial charge in [-0.05, 0) is 12.1 Å². The molecule has 1 rings (SSSR count). The van der Waals surface area contributed by atoms with Crippen molar-refractivity contribution in [3.8, 4) is 5.75 Å². The van der Waals surface area contributed by atoms with E-state index in [4.69, 9.17) is 10.8 Å². The first-order valence-electron chi connectivity index (χ1n) is 3.97. The molecule has 15 heavy (non-hydrogen) atoms. The summed E-state index contributed by atoms with van der Waals surface area (Å²) in [5.74, 6) is -2.16. The molecule has 4 nitrogen and oxygen atoms in total. The minimum Gasteiger partial charge on any atom is -0.508 e. The van der Waals surface area contributed by atoms with Crippen LogP contribution in [0.15, 0.2) is 18.2 Å². The van der Waals surface area contributed by atoms with E-state index in [9.17, 15) is 14.3 Å². The standard InChI is InChI=1S/C9H10FNO3.ClH/c10-6-2-1-3-8(12)5(6)4-7(11)9(13)14;/h1-3,7,12H,4,11H2,(H,13,14);1H/t7-;/m0./s1. The number of carboxylic acids is 1. The van der Waals surface area contributed by atoms with Crippen LogP contribution in [0.5, 0.6) is 5.75 Å². The molecule has 0 saturated carbocycles. The molecule has 0 aromatic heterocycles. The predicted molar refractivity (Wildman–Crippen MR) is 54.6 cm³/mol. The molecule has 0 aliphatic heterocycles. The van der Waals surface area contributed by atoms with E-state index in [-0.39, 0.29) is 30.1 Å². The van der Waals surface area contributed by atoms with Crippen LogP contribution in [0.3, 0.4) is 0 Å². The number of phenolic OH excluding ortho intramolecular Hbond substituents is 1. The van der Waals surface area contributed by atoms with E-state index >= 15 is 0 Å². The minimum absolute atomic E-state index is 0. The van der Waals surface area contributed by atoms with Crippen molar-refractivity contribution < 1.29 is 19.4 Å². The number of hydrogen-bond acceptors (Lipinski definition) is 3. The van der Waals surface area contributed by atoms with Gasteiger partial charge in [0.1, 0.15) is 17.6 Å². The number of phenols is 1. The van der Waals surface area contributed by atoms with Crippen LogP contribution in [-0.4, -0.2) is 22.2 Å². The highest BCUT2D eigenvalue weighted by Crippen LogP contribution is 2.20. The maximum Gasteiger partial charge on any atom is 0.320 e. The van der Waals surface area contributed by atoms with Crippen molar-refractivity contribution in [2.75, 3.05) is 0 Å². The van der Waals surface area contributed by atoms with Gasteiger partial charge in [-0.2, -0.15) is 0 Å². The van der Waals surface area contributed by atoms with Gasteiger partial charge >= 0.3 is 5.97 Å². The summed E-state index contributed by atoms with van der Waals surface area (Å²) >= 11 is 0. The van der Waals surface area contributed by atoms with Gasteiger partial charge in [-0.1, -0.05) is 6.07 Å². The number of benzene rings is 1. The third kappa shape index (κ3) is 3.38. The number of aliphatic carboxylic acids is 1.